The molecule has 0 fully saturated rings. The molecule has 0 bridgehead atoms. The van der Waals surface area contributed by atoms with E-state index in [2.05, 4.69) is 0 Å². The highest BCUT2D eigenvalue weighted by molar-refractivity contribution is 5.65. The van der Waals surface area contributed by atoms with E-state index in [1.165, 1.54) is 13.0 Å². The van der Waals surface area contributed by atoms with Crippen molar-refractivity contribution in [3.63, 3.8) is 0 Å². The van der Waals surface area contributed by atoms with Crippen molar-refractivity contribution in [1.29, 1.82) is 0 Å². The Bertz CT molecular complexity index is 391. The Hall–Kier alpha value is -1.42. The summed E-state index contributed by atoms with van der Waals surface area (Å²) in [6, 6.07) is 3.32. The fraction of sp³-hybridized carbons (Fsp3) is 0.417. The van der Waals surface area contributed by atoms with E-state index in [9.17, 15) is 9.18 Å². The van der Waals surface area contributed by atoms with Crippen molar-refractivity contribution in [1.82, 2.24) is 0 Å². The first-order valence-electron chi connectivity index (χ1n) is 5.24. The number of ether oxygens (including phenoxy) is 1. The second-order valence-corrected chi connectivity index (χ2v) is 3.79. The maximum atomic E-state index is 13.5. The molecule has 0 spiro atoms. The Labute approximate surface area is 94.6 Å². The summed E-state index contributed by atoms with van der Waals surface area (Å²) in [5.74, 6) is -0.542. The van der Waals surface area contributed by atoms with Gasteiger partial charge in [0.05, 0.1) is 0 Å². The van der Waals surface area contributed by atoms with Gasteiger partial charge in [-0.2, -0.15) is 0 Å². The Balaban J connectivity index is 2.54. The quantitative estimate of drug-likeness (QED) is 0.476. The van der Waals surface area contributed by atoms with E-state index in [1.807, 2.05) is 13.8 Å². The number of carbonyl (C=O) groups excluding carboxylic acids is 1. The van der Waals surface area contributed by atoms with Gasteiger partial charge >= 0.3 is 5.97 Å². The number of nitrogens with two attached hydrogens (primary N) is 1. The van der Waals surface area contributed by atoms with Gasteiger partial charge in [-0.05, 0) is 31.0 Å². The zero-order valence-electron chi connectivity index (χ0n) is 9.84. The Morgan fingerprint density at radius 1 is 1.38 bits per heavy atom. The van der Waals surface area contributed by atoms with Crippen LogP contribution in [0.1, 0.15) is 18.1 Å². The number of aryl methyl sites for hydroxylation is 2. The summed E-state index contributed by atoms with van der Waals surface area (Å²) in [4.78, 5) is 10.5. The van der Waals surface area contributed by atoms with E-state index in [0.29, 0.717) is 18.8 Å². The van der Waals surface area contributed by atoms with Crippen LogP contribution in [0.5, 0.6) is 0 Å². The third kappa shape index (κ3) is 3.62. The molecule has 16 heavy (non-hydrogen) atoms. The zero-order valence-corrected chi connectivity index (χ0v) is 9.84. The molecular formula is C12H17FNO2+. The minimum atomic E-state index is -0.311. The molecule has 0 radical (unpaired) electrons. The average molecular weight is 226 g/mol. The van der Waals surface area contributed by atoms with Crippen LogP contribution in [0.2, 0.25) is 0 Å². The summed E-state index contributed by atoms with van der Waals surface area (Å²) in [5, 5.41) is 1.74. The van der Waals surface area contributed by atoms with Crippen LogP contribution in [-0.4, -0.2) is 19.1 Å². The maximum Gasteiger partial charge on any atom is 0.302 e. The smallest absolute Gasteiger partial charge is 0.302 e. The highest BCUT2D eigenvalue weighted by Crippen LogP contribution is 2.14. The van der Waals surface area contributed by atoms with Crippen LogP contribution in [0, 0.1) is 19.7 Å². The summed E-state index contributed by atoms with van der Waals surface area (Å²) in [6.07, 6.45) is 0. The summed E-state index contributed by atoms with van der Waals surface area (Å²) < 4.78 is 18.2. The van der Waals surface area contributed by atoms with Crippen molar-refractivity contribution in [2.45, 2.75) is 20.8 Å². The molecule has 3 nitrogen and oxygen atoms in total. The van der Waals surface area contributed by atoms with Crippen molar-refractivity contribution in [3.8, 4) is 0 Å². The first-order valence-corrected chi connectivity index (χ1v) is 5.24. The third-order valence-corrected chi connectivity index (χ3v) is 2.40. The summed E-state index contributed by atoms with van der Waals surface area (Å²) >= 11 is 0. The lowest BCUT2D eigenvalue weighted by Crippen LogP contribution is -2.79. The molecule has 2 N–H and O–H groups in total. The summed E-state index contributed by atoms with van der Waals surface area (Å²) in [6.45, 7) is 6.00. The molecule has 0 heterocycles. The summed E-state index contributed by atoms with van der Waals surface area (Å²) in [5.41, 5.74) is 2.56. The fourth-order valence-electron chi connectivity index (χ4n) is 1.38. The molecule has 1 aromatic carbocycles. The van der Waals surface area contributed by atoms with Gasteiger partial charge in [0.15, 0.2) is 11.5 Å². The molecule has 0 aliphatic rings. The third-order valence-electron chi connectivity index (χ3n) is 2.40. The highest BCUT2D eigenvalue weighted by Gasteiger charge is 2.08. The van der Waals surface area contributed by atoms with Crippen LogP contribution < -0.4 is 5.32 Å². The van der Waals surface area contributed by atoms with Gasteiger partial charge in [0.25, 0.3) is 0 Å². The predicted molar refractivity (Wildman–Crippen MR) is 59.0 cm³/mol. The van der Waals surface area contributed by atoms with Crippen LogP contribution in [0.4, 0.5) is 10.1 Å². The average Bonchev–Trinajstić information content (AvgIpc) is 2.19. The minimum absolute atomic E-state index is 0.231. The molecule has 0 atom stereocenters. The van der Waals surface area contributed by atoms with Gasteiger partial charge in [0.2, 0.25) is 0 Å². The Morgan fingerprint density at radius 2 is 2.00 bits per heavy atom. The maximum absolute atomic E-state index is 13.5. The monoisotopic (exact) mass is 226 g/mol. The second kappa shape index (κ2) is 5.61. The van der Waals surface area contributed by atoms with E-state index >= 15 is 0 Å². The van der Waals surface area contributed by atoms with Crippen molar-refractivity contribution in [2.75, 3.05) is 13.2 Å². The lowest BCUT2D eigenvalue weighted by Gasteiger charge is -2.05. The number of halogens is 1. The SMILES string of the molecule is CC(=O)OCC[NH2+]c1cc(C)c(C)cc1F. The summed E-state index contributed by atoms with van der Waals surface area (Å²) in [7, 11) is 0. The van der Waals surface area contributed by atoms with E-state index in [-0.39, 0.29) is 11.8 Å². The molecule has 4 heteroatoms. The van der Waals surface area contributed by atoms with E-state index in [0.717, 1.165) is 11.1 Å². The van der Waals surface area contributed by atoms with Crippen molar-refractivity contribution in [2.24, 2.45) is 0 Å². The molecule has 1 aromatic rings. The van der Waals surface area contributed by atoms with E-state index in [1.54, 1.807) is 11.4 Å². The second-order valence-electron chi connectivity index (χ2n) is 3.79. The van der Waals surface area contributed by atoms with Gasteiger partial charge in [0, 0.05) is 13.0 Å². The number of quaternary nitrogens is 1. The lowest BCUT2D eigenvalue weighted by molar-refractivity contribution is -0.575. The zero-order chi connectivity index (χ0) is 12.1. The van der Waals surface area contributed by atoms with Gasteiger partial charge in [-0.25, -0.2) is 4.39 Å². The standard InChI is InChI=1S/C12H16FNO2/c1-8-6-11(13)12(7-9(8)2)14-4-5-16-10(3)15/h6-7,14H,4-5H2,1-3H3/p+1. The van der Waals surface area contributed by atoms with Crippen LogP contribution in [-0.2, 0) is 9.53 Å². The first-order chi connectivity index (χ1) is 7.50. The van der Waals surface area contributed by atoms with Crippen LogP contribution in [0.15, 0.2) is 12.1 Å². The highest BCUT2D eigenvalue weighted by atomic mass is 19.1. The number of benzene rings is 1. The van der Waals surface area contributed by atoms with E-state index in [4.69, 9.17) is 4.74 Å². The van der Waals surface area contributed by atoms with Gasteiger partial charge in [-0.3, -0.25) is 4.79 Å². The molecule has 88 valence electrons. The van der Waals surface area contributed by atoms with Gasteiger partial charge < -0.3 is 10.1 Å². The van der Waals surface area contributed by atoms with Crippen LogP contribution in [0.3, 0.4) is 0 Å². The predicted octanol–water partition coefficient (Wildman–Crippen LogP) is 1.20. The lowest BCUT2D eigenvalue weighted by atomic mass is 10.1. The van der Waals surface area contributed by atoms with Gasteiger partial charge in [0.1, 0.15) is 13.2 Å². The van der Waals surface area contributed by atoms with Crippen LogP contribution >= 0.6 is 0 Å². The van der Waals surface area contributed by atoms with Crippen LogP contribution in [0.25, 0.3) is 0 Å². The normalized spacial score (nSPS) is 10.2. The van der Waals surface area contributed by atoms with Crippen molar-refractivity contribution >= 4 is 11.7 Å². The Kier molecular flexibility index (Phi) is 4.43. The molecule has 0 saturated carbocycles. The number of carbonyl (C=O) groups is 1. The molecule has 0 aliphatic carbocycles. The topological polar surface area (TPSA) is 42.9 Å². The fourth-order valence-corrected chi connectivity index (χ4v) is 1.38. The molecule has 0 aromatic heterocycles. The van der Waals surface area contributed by atoms with E-state index < -0.39 is 0 Å². The molecule has 0 unspecified atom stereocenters. The number of esters is 1. The molecule has 0 amide bonds. The first kappa shape index (κ1) is 12.6. The molecule has 0 saturated heterocycles. The number of rotatable bonds is 4. The molecule has 0 aliphatic heterocycles. The van der Waals surface area contributed by atoms with Crippen molar-refractivity contribution in [3.05, 3.63) is 29.1 Å². The van der Waals surface area contributed by atoms with Gasteiger partial charge in [-0.15, -0.1) is 0 Å². The minimum Gasteiger partial charge on any atom is -0.460 e. The molecule has 1 rings (SSSR count). The van der Waals surface area contributed by atoms with Gasteiger partial charge in [-0.1, -0.05) is 0 Å². The molecular weight excluding hydrogens is 209 g/mol. The number of hydrogen-bond acceptors (Lipinski definition) is 2. The number of hydrogen-bond donors (Lipinski definition) is 1. The Morgan fingerprint density at radius 3 is 2.62 bits per heavy atom. The largest absolute Gasteiger partial charge is 0.460 e. The van der Waals surface area contributed by atoms with Crippen molar-refractivity contribution < 1.29 is 19.2 Å².